The number of halogens is 1. The molecule has 1 aromatic rings. The first kappa shape index (κ1) is 15.8. The molecule has 0 saturated carbocycles. The van der Waals surface area contributed by atoms with Gasteiger partial charge in [-0.2, -0.15) is 0 Å². The molecule has 112 valence electrons. The number of ether oxygens (including phenoxy) is 1. The van der Waals surface area contributed by atoms with Crippen LogP contribution in [0, 0.1) is 0 Å². The summed E-state index contributed by atoms with van der Waals surface area (Å²) in [4.78, 5) is 2.59. The van der Waals surface area contributed by atoms with Crippen LogP contribution in [0.15, 0.2) is 22.7 Å². The summed E-state index contributed by atoms with van der Waals surface area (Å²) < 4.78 is 6.72. The first-order valence-electron chi connectivity index (χ1n) is 7.54. The van der Waals surface area contributed by atoms with Crippen LogP contribution in [0.2, 0.25) is 0 Å². The van der Waals surface area contributed by atoms with Crippen molar-refractivity contribution in [1.29, 1.82) is 0 Å². The maximum atomic E-state index is 5.59. The maximum absolute atomic E-state index is 5.59. The van der Waals surface area contributed by atoms with Crippen LogP contribution in [0.5, 0.6) is 5.75 Å². The van der Waals surface area contributed by atoms with E-state index in [9.17, 15) is 0 Å². The smallest absolute Gasteiger partial charge is 0.123 e. The van der Waals surface area contributed by atoms with Gasteiger partial charge in [0.15, 0.2) is 0 Å². The molecule has 0 spiro atoms. The summed E-state index contributed by atoms with van der Waals surface area (Å²) in [7, 11) is 1.77. The SMILES string of the molecule is CCCC[C@H](c1cc(Br)ccc1OC)N1CCNCC1. The van der Waals surface area contributed by atoms with Crippen LogP contribution in [0.3, 0.4) is 0 Å². The molecule has 1 atom stereocenters. The zero-order valence-corrected chi connectivity index (χ0v) is 14.1. The highest BCUT2D eigenvalue weighted by Gasteiger charge is 2.24. The van der Waals surface area contributed by atoms with Crippen LogP contribution in [-0.4, -0.2) is 38.2 Å². The van der Waals surface area contributed by atoms with E-state index in [1.54, 1.807) is 7.11 Å². The lowest BCUT2D eigenvalue weighted by atomic mass is 9.98. The Labute approximate surface area is 130 Å². The fourth-order valence-corrected chi connectivity index (χ4v) is 3.27. The fourth-order valence-electron chi connectivity index (χ4n) is 2.89. The Bertz CT molecular complexity index is 419. The van der Waals surface area contributed by atoms with Gasteiger partial charge >= 0.3 is 0 Å². The third-order valence-electron chi connectivity index (χ3n) is 3.97. The fraction of sp³-hybridized carbons (Fsp3) is 0.625. The highest BCUT2D eigenvalue weighted by molar-refractivity contribution is 9.10. The Morgan fingerprint density at radius 2 is 2.10 bits per heavy atom. The van der Waals surface area contributed by atoms with Gasteiger partial charge in [0.2, 0.25) is 0 Å². The number of hydrogen-bond donors (Lipinski definition) is 1. The molecular weight excluding hydrogens is 316 g/mol. The molecule has 0 aliphatic carbocycles. The highest BCUT2D eigenvalue weighted by Crippen LogP contribution is 2.35. The van der Waals surface area contributed by atoms with Crippen LogP contribution in [0.4, 0.5) is 0 Å². The van der Waals surface area contributed by atoms with Crippen molar-refractivity contribution >= 4 is 15.9 Å². The average molecular weight is 341 g/mol. The number of methoxy groups -OCH3 is 1. The van der Waals surface area contributed by atoms with E-state index in [0.29, 0.717) is 6.04 Å². The van der Waals surface area contributed by atoms with Gasteiger partial charge in [-0.05, 0) is 24.6 Å². The number of rotatable bonds is 6. The molecule has 1 saturated heterocycles. The van der Waals surface area contributed by atoms with E-state index in [2.05, 4.69) is 51.3 Å². The van der Waals surface area contributed by atoms with Gasteiger partial charge in [0.25, 0.3) is 0 Å². The molecular formula is C16H25BrN2O. The zero-order valence-electron chi connectivity index (χ0n) is 12.5. The molecule has 1 heterocycles. The Kier molecular flexibility index (Phi) is 6.33. The molecule has 20 heavy (non-hydrogen) atoms. The third kappa shape index (κ3) is 3.96. The molecule has 1 aliphatic rings. The van der Waals surface area contributed by atoms with Crippen molar-refractivity contribution in [3.8, 4) is 5.75 Å². The molecule has 0 amide bonds. The van der Waals surface area contributed by atoms with Gasteiger partial charge in [-0.1, -0.05) is 35.7 Å². The summed E-state index contributed by atoms with van der Waals surface area (Å²) in [5.74, 6) is 1.01. The second kappa shape index (κ2) is 8.01. The summed E-state index contributed by atoms with van der Waals surface area (Å²) in [5.41, 5.74) is 1.32. The minimum Gasteiger partial charge on any atom is -0.496 e. The molecule has 2 rings (SSSR count). The molecule has 1 N–H and O–H groups in total. The molecule has 1 aromatic carbocycles. The van der Waals surface area contributed by atoms with Crippen LogP contribution in [0.25, 0.3) is 0 Å². The molecule has 0 radical (unpaired) electrons. The number of nitrogens with one attached hydrogen (secondary N) is 1. The highest BCUT2D eigenvalue weighted by atomic mass is 79.9. The monoisotopic (exact) mass is 340 g/mol. The van der Waals surface area contributed by atoms with Gasteiger partial charge in [0.05, 0.1) is 7.11 Å². The summed E-state index contributed by atoms with van der Waals surface area (Å²) in [6, 6.07) is 6.81. The second-order valence-corrected chi connectivity index (χ2v) is 6.25. The summed E-state index contributed by atoms with van der Waals surface area (Å²) in [5, 5.41) is 3.43. The third-order valence-corrected chi connectivity index (χ3v) is 4.47. The van der Waals surface area contributed by atoms with Crippen molar-refractivity contribution in [2.45, 2.75) is 32.2 Å². The minimum atomic E-state index is 0.462. The van der Waals surface area contributed by atoms with E-state index in [-0.39, 0.29) is 0 Å². The number of piperazine rings is 1. The van der Waals surface area contributed by atoms with Gasteiger partial charge in [0.1, 0.15) is 5.75 Å². The van der Waals surface area contributed by atoms with Crippen LogP contribution >= 0.6 is 15.9 Å². The number of benzene rings is 1. The molecule has 0 bridgehead atoms. The molecule has 1 fully saturated rings. The van der Waals surface area contributed by atoms with Crippen molar-refractivity contribution < 1.29 is 4.74 Å². The second-order valence-electron chi connectivity index (χ2n) is 5.33. The normalized spacial score (nSPS) is 17.9. The van der Waals surface area contributed by atoms with E-state index in [4.69, 9.17) is 4.74 Å². The van der Waals surface area contributed by atoms with Gasteiger partial charge in [-0.15, -0.1) is 0 Å². The van der Waals surface area contributed by atoms with Gasteiger partial charge < -0.3 is 10.1 Å². The molecule has 0 aromatic heterocycles. The number of unbranched alkanes of at least 4 members (excludes halogenated alkanes) is 1. The summed E-state index contributed by atoms with van der Waals surface area (Å²) >= 11 is 3.60. The van der Waals surface area contributed by atoms with Crippen molar-refractivity contribution in [3.05, 3.63) is 28.2 Å². The molecule has 4 heteroatoms. The van der Waals surface area contributed by atoms with E-state index in [0.717, 1.165) is 36.4 Å². The van der Waals surface area contributed by atoms with E-state index < -0.39 is 0 Å². The predicted molar refractivity (Wildman–Crippen MR) is 87.4 cm³/mol. The minimum absolute atomic E-state index is 0.462. The van der Waals surface area contributed by atoms with Crippen LogP contribution < -0.4 is 10.1 Å². The van der Waals surface area contributed by atoms with Crippen molar-refractivity contribution in [3.63, 3.8) is 0 Å². The zero-order chi connectivity index (χ0) is 14.4. The quantitative estimate of drug-likeness (QED) is 0.856. The lowest BCUT2D eigenvalue weighted by Crippen LogP contribution is -2.45. The standard InChI is InChI=1S/C16H25BrN2O/c1-3-4-5-15(19-10-8-18-9-11-19)14-12-13(17)6-7-16(14)20-2/h6-7,12,15,18H,3-5,8-11H2,1-2H3/t15-/m1/s1. The summed E-state index contributed by atoms with van der Waals surface area (Å²) in [6.45, 7) is 6.65. The first-order valence-corrected chi connectivity index (χ1v) is 8.33. The predicted octanol–water partition coefficient (Wildman–Crippen LogP) is 3.59. The molecule has 0 unspecified atom stereocenters. The first-order chi connectivity index (χ1) is 9.76. The van der Waals surface area contributed by atoms with Crippen molar-refractivity contribution in [2.24, 2.45) is 0 Å². The topological polar surface area (TPSA) is 24.5 Å². The van der Waals surface area contributed by atoms with Gasteiger partial charge in [-0.25, -0.2) is 0 Å². The average Bonchev–Trinajstić information content (AvgIpc) is 2.49. The van der Waals surface area contributed by atoms with E-state index in [1.165, 1.54) is 24.8 Å². The van der Waals surface area contributed by atoms with Crippen molar-refractivity contribution in [2.75, 3.05) is 33.3 Å². The molecule has 3 nitrogen and oxygen atoms in total. The largest absolute Gasteiger partial charge is 0.496 e. The van der Waals surface area contributed by atoms with Crippen molar-refractivity contribution in [1.82, 2.24) is 10.2 Å². The van der Waals surface area contributed by atoms with Crippen LogP contribution in [-0.2, 0) is 0 Å². The van der Waals surface area contributed by atoms with Gasteiger partial charge in [-0.3, -0.25) is 4.90 Å². The van der Waals surface area contributed by atoms with E-state index >= 15 is 0 Å². The lowest BCUT2D eigenvalue weighted by molar-refractivity contribution is 0.160. The Hall–Kier alpha value is -0.580. The Morgan fingerprint density at radius 1 is 1.35 bits per heavy atom. The van der Waals surface area contributed by atoms with E-state index in [1.807, 2.05) is 0 Å². The Morgan fingerprint density at radius 3 is 2.75 bits per heavy atom. The number of nitrogens with zero attached hydrogens (tertiary/aromatic N) is 1. The number of hydrogen-bond acceptors (Lipinski definition) is 3. The lowest BCUT2D eigenvalue weighted by Gasteiger charge is -2.36. The summed E-state index contributed by atoms with van der Waals surface area (Å²) in [6.07, 6.45) is 3.69. The molecule has 1 aliphatic heterocycles. The maximum Gasteiger partial charge on any atom is 0.123 e. The van der Waals surface area contributed by atoms with Crippen LogP contribution in [0.1, 0.15) is 37.8 Å². The Balaban J connectivity index is 2.26. The van der Waals surface area contributed by atoms with Gasteiger partial charge in [0, 0.05) is 42.3 Å².